The van der Waals surface area contributed by atoms with Crippen LogP contribution in [0.1, 0.15) is 37.1 Å². The molecule has 0 saturated carbocycles. The van der Waals surface area contributed by atoms with Crippen LogP contribution in [0.2, 0.25) is 0 Å². The smallest absolute Gasteiger partial charge is 0.323 e. The fourth-order valence-corrected chi connectivity index (χ4v) is 2.42. The summed E-state index contributed by atoms with van der Waals surface area (Å²) in [7, 11) is 0. The molecule has 0 aromatic carbocycles. The zero-order chi connectivity index (χ0) is 15.9. The standard InChI is InChI=1S/C14H19N7O/c1-5-20-13(10(4)15)17-18-14(20)22-12-7-11-16-8(2)6-9(3)21(11)19-12/h6-7,10H,5,15H2,1-4H3/t10-/m1/s1. The molecule has 116 valence electrons. The Kier molecular flexibility index (Phi) is 3.53. The van der Waals surface area contributed by atoms with Crippen molar-refractivity contribution in [2.45, 2.75) is 40.3 Å². The van der Waals surface area contributed by atoms with Gasteiger partial charge in [0.05, 0.1) is 6.04 Å². The highest BCUT2D eigenvalue weighted by molar-refractivity contribution is 5.44. The Balaban J connectivity index is 1.98. The summed E-state index contributed by atoms with van der Waals surface area (Å²) in [5, 5.41) is 12.5. The average Bonchev–Trinajstić information content (AvgIpc) is 3.02. The molecule has 1 atom stereocenters. The SMILES string of the molecule is CCn1c(Oc2cc3nc(C)cc(C)n3n2)nnc1[C@@H](C)N. The van der Waals surface area contributed by atoms with E-state index in [4.69, 9.17) is 10.5 Å². The molecular formula is C14H19N7O. The van der Waals surface area contributed by atoms with Crippen molar-refractivity contribution < 1.29 is 4.74 Å². The number of aromatic nitrogens is 6. The van der Waals surface area contributed by atoms with E-state index in [-0.39, 0.29) is 6.04 Å². The molecule has 0 bridgehead atoms. The predicted octanol–water partition coefficient (Wildman–Crippen LogP) is 1.77. The molecule has 0 unspecified atom stereocenters. The molecule has 3 aromatic heterocycles. The highest BCUT2D eigenvalue weighted by atomic mass is 16.5. The summed E-state index contributed by atoms with van der Waals surface area (Å²) in [5.74, 6) is 1.12. The minimum atomic E-state index is -0.211. The van der Waals surface area contributed by atoms with Crippen LogP contribution in [0.5, 0.6) is 11.9 Å². The predicted molar refractivity (Wildman–Crippen MR) is 80.8 cm³/mol. The number of nitrogens with zero attached hydrogens (tertiary/aromatic N) is 6. The lowest BCUT2D eigenvalue weighted by molar-refractivity contribution is 0.393. The van der Waals surface area contributed by atoms with Crippen molar-refractivity contribution >= 4 is 5.65 Å². The van der Waals surface area contributed by atoms with E-state index in [1.807, 2.05) is 38.3 Å². The van der Waals surface area contributed by atoms with E-state index >= 15 is 0 Å². The monoisotopic (exact) mass is 301 g/mol. The molecule has 0 saturated heterocycles. The lowest BCUT2D eigenvalue weighted by Crippen LogP contribution is -2.13. The van der Waals surface area contributed by atoms with Crippen LogP contribution in [-0.4, -0.2) is 29.4 Å². The van der Waals surface area contributed by atoms with Crippen LogP contribution in [0.15, 0.2) is 12.1 Å². The Labute approximate surface area is 127 Å². The van der Waals surface area contributed by atoms with Gasteiger partial charge in [-0.2, -0.15) is 0 Å². The van der Waals surface area contributed by atoms with Gasteiger partial charge in [0.1, 0.15) is 0 Å². The molecular weight excluding hydrogens is 282 g/mol. The van der Waals surface area contributed by atoms with E-state index in [0.717, 1.165) is 17.0 Å². The number of nitrogens with two attached hydrogens (primary N) is 1. The number of rotatable bonds is 4. The van der Waals surface area contributed by atoms with Crippen LogP contribution < -0.4 is 10.5 Å². The van der Waals surface area contributed by atoms with Gasteiger partial charge in [0.2, 0.25) is 5.88 Å². The van der Waals surface area contributed by atoms with Crippen LogP contribution in [0, 0.1) is 13.8 Å². The zero-order valence-electron chi connectivity index (χ0n) is 13.1. The second kappa shape index (κ2) is 5.38. The van der Waals surface area contributed by atoms with Crippen molar-refractivity contribution in [3.63, 3.8) is 0 Å². The Morgan fingerprint density at radius 2 is 2.05 bits per heavy atom. The van der Waals surface area contributed by atoms with Crippen molar-refractivity contribution in [3.05, 3.63) is 29.3 Å². The Bertz CT molecular complexity index is 818. The van der Waals surface area contributed by atoms with Crippen molar-refractivity contribution in [3.8, 4) is 11.9 Å². The summed E-state index contributed by atoms with van der Waals surface area (Å²) in [5.41, 5.74) is 8.55. The fourth-order valence-electron chi connectivity index (χ4n) is 2.42. The van der Waals surface area contributed by atoms with E-state index < -0.39 is 0 Å². The van der Waals surface area contributed by atoms with Crippen LogP contribution >= 0.6 is 0 Å². The quantitative estimate of drug-likeness (QED) is 0.789. The summed E-state index contributed by atoms with van der Waals surface area (Å²) in [6.07, 6.45) is 0. The molecule has 0 radical (unpaired) electrons. The van der Waals surface area contributed by atoms with Crippen molar-refractivity contribution in [2.75, 3.05) is 0 Å². The van der Waals surface area contributed by atoms with Crippen LogP contribution in [0.4, 0.5) is 0 Å². The third kappa shape index (κ3) is 2.41. The van der Waals surface area contributed by atoms with Gasteiger partial charge in [0.25, 0.3) is 0 Å². The highest BCUT2D eigenvalue weighted by Gasteiger charge is 2.17. The first-order valence-corrected chi connectivity index (χ1v) is 7.20. The van der Waals surface area contributed by atoms with Gasteiger partial charge in [-0.25, -0.2) is 9.50 Å². The van der Waals surface area contributed by atoms with Gasteiger partial charge in [-0.15, -0.1) is 10.2 Å². The summed E-state index contributed by atoms with van der Waals surface area (Å²) < 4.78 is 9.34. The maximum atomic E-state index is 5.89. The lowest BCUT2D eigenvalue weighted by Gasteiger charge is -2.08. The summed E-state index contributed by atoms with van der Waals surface area (Å²) in [6, 6.07) is 3.91. The van der Waals surface area contributed by atoms with Gasteiger partial charge in [0, 0.05) is 24.0 Å². The largest absolute Gasteiger partial charge is 0.404 e. The first kappa shape index (κ1) is 14.5. The van der Waals surface area contributed by atoms with Crippen LogP contribution in [0.25, 0.3) is 5.65 Å². The molecule has 3 heterocycles. The molecule has 22 heavy (non-hydrogen) atoms. The third-order valence-corrected chi connectivity index (χ3v) is 3.38. The maximum absolute atomic E-state index is 5.89. The van der Waals surface area contributed by atoms with Crippen LogP contribution in [-0.2, 0) is 6.54 Å². The number of ether oxygens (including phenoxy) is 1. The molecule has 0 aliphatic rings. The van der Waals surface area contributed by atoms with E-state index in [9.17, 15) is 0 Å². The lowest BCUT2D eigenvalue weighted by atomic mass is 10.3. The fraction of sp³-hybridized carbons (Fsp3) is 0.429. The first-order valence-electron chi connectivity index (χ1n) is 7.20. The van der Waals surface area contributed by atoms with Crippen LogP contribution in [0.3, 0.4) is 0 Å². The second-order valence-electron chi connectivity index (χ2n) is 5.27. The zero-order valence-corrected chi connectivity index (χ0v) is 13.1. The summed E-state index contributed by atoms with van der Waals surface area (Å²) in [4.78, 5) is 4.43. The summed E-state index contributed by atoms with van der Waals surface area (Å²) >= 11 is 0. The topological polar surface area (TPSA) is 96.1 Å². The van der Waals surface area contributed by atoms with Crippen molar-refractivity contribution in [1.29, 1.82) is 0 Å². The minimum Gasteiger partial charge on any atom is -0.404 e. The third-order valence-electron chi connectivity index (χ3n) is 3.38. The van der Waals surface area contributed by atoms with Crippen molar-refractivity contribution in [2.24, 2.45) is 5.73 Å². The highest BCUT2D eigenvalue weighted by Crippen LogP contribution is 2.22. The molecule has 0 aliphatic carbocycles. The van der Waals surface area contributed by atoms with E-state index in [1.165, 1.54) is 0 Å². The Morgan fingerprint density at radius 3 is 2.73 bits per heavy atom. The molecule has 0 spiro atoms. The number of hydrogen-bond donors (Lipinski definition) is 1. The van der Waals surface area contributed by atoms with E-state index in [1.54, 1.807) is 10.6 Å². The molecule has 0 amide bonds. The summed E-state index contributed by atoms with van der Waals surface area (Å²) in [6.45, 7) is 8.44. The number of fused-ring (bicyclic) bond motifs is 1. The molecule has 0 aliphatic heterocycles. The molecule has 8 nitrogen and oxygen atoms in total. The van der Waals surface area contributed by atoms with Gasteiger partial charge in [-0.3, -0.25) is 4.57 Å². The molecule has 0 fully saturated rings. The molecule has 3 rings (SSSR count). The Morgan fingerprint density at radius 1 is 1.27 bits per heavy atom. The maximum Gasteiger partial charge on any atom is 0.323 e. The van der Waals surface area contributed by atoms with Crippen molar-refractivity contribution in [1.82, 2.24) is 29.4 Å². The van der Waals surface area contributed by atoms with Gasteiger partial charge in [-0.05, 0) is 33.8 Å². The number of aryl methyl sites for hydroxylation is 2. The Hall–Kier alpha value is -2.48. The van der Waals surface area contributed by atoms with E-state index in [2.05, 4.69) is 20.3 Å². The molecule has 3 aromatic rings. The minimum absolute atomic E-state index is 0.211. The molecule has 8 heteroatoms. The van der Waals surface area contributed by atoms with Gasteiger partial charge in [0.15, 0.2) is 11.5 Å². The van der Waals surface area contributed by atoms with Gasteiger partial charge in [-0.1, -0.05) is 5.10 Å². The first-order chi connectivity index (χ1) is 10.5. The average molecular weight is 301 g/mol. The van der Waals surface area contributed by atoms with Gasteiger partial charge < -0.3 is 10.5 Å². The second-order valence-corrected chi connectivity index (χ2v) is 5.27. The van der Waals surface area contributed by atoms with E-state index in [0.29, 0.717) is 24.3 Å². The molecule has 2 N–H and O–H groups in total. The number of hydrogen-bond acceptors (Lipinski definition) is 6. The van der Waals surface area contributed by atoms with Gasteiger partial charge >= 0.3 is 6.01 Å². The normalized spacial score (nSPS) is 12.8.